The van der Waals surface area contributed by atoms with Gasteiger partial charge in [0, 0.05) is 31.0 Å². The first kappa shape index (κ1) is 12.1. The van der Waals surface area contributed by atoms with Gasteiger partial charge in [-0.3, -0.25) is 0 Å². The van der Waals surface area contributed by atoms with Crippen LogP contribution in [0.1, 0.15) is 32.1 Å². The first-order valence-electron chi connectivity index (χ1n) is 7.70. The van der Waals surface area contributed by atoms with Crippen LogP contribution in [0.2, 0.25) is 0 Å². The lowest BCUT2D eigenvalue weighted by atomic mass is 10.0. The van der Waals surface area contributed by atoms with Crippen LogP contribution in [0.5, 0.6) is 0 Å². The van der Waals surface area contributed by atoms with E-state index in [2.05, 4.69) is 26.4 Å². The maximum Gasteiger partial charge on any atom is 0.154 e. The van der Waals surface area contributed by atoms with Gasteiger partial charge in [0.15, 0.2) is 5.82 Å². The van der Waals surface area contributed by atoms with E-state index in [1.807, 2.05) is 23.1 Å². The Balaban J connectivity index is 1.63. The zero-order valence-corrected chi connectivity index (χ0v) is 11.7. The summed E-state index contributed by atoms with van der Waals surface area (Å²) in [6, 6.07) is 3.34. The molecular formula is C15H21N5. The summed E-state index contributed by atoms with van der Waals surface area (Å²) in [4.78, 5) is 7.14. The fourth-order valence-corrected chi connectivity index (χ4v) is 3.18. The van der Waals surface area contributed by atoms with Crippen molar-refractivity contribution >= 4 is 11.3 Å². The van der Waals surface area contributed by atoms with Crippen molar-refractivity contribution in [2.75, 3.05) is 18.0 Å². The highest BCUT2D eigenvalue weighted by Crippen LogP contribution is 2.33. The Kier molecular flexibility index (Phi) is 3.07. The SMILES string of the molecule is c1cn2nccc2c(N(CC2CCCCN2)C2CC2)n1. The maximum absolute atomic E-state index is 4.64. The van der Waals surface area contributed by atoms with E-state index in [4.69, 9.17) is 0 Å². The third kappa shape index (κ3) is 2.26. The molecular weight excluding hydrogens is 250 g/mol. The number of hydrogen-bond acceptors (Lipinski definition) is 4. The molecule has 1 aliphatic carbocycles. The molecule has 0 radical (unpaired) electrons. The van der Waals surface area contributed by atoms with Gasteiger partial charge in [-0.25, -0.2) is 9.50 Å². The molecule has 1 unspecified atom stereocenters. The Labute approximate surface area is 119 Å². The molecule has 1 saturated carbocycles. The van der Waals surface area contributed by atoms with E-state index in [1.54, 1.807) is 0 Å². The first-order chi connectivity index (χ1) is 9.92. The molecule has 2 fully saturated rings. The zero-order valence-electron chi connectivity index (χ0n) is 11.7. The quantitative estimate of drug-likeness (QED) is 0.921. The molecule has 1 saturated heterocycles. The van der Waals surface area contributed by atoms with Crippen molar-refractivity contribution in [3.63, 3.8) is 0 Å². The number of nitrogens with zero attached hydrogens (tertiary/aromatic N) is 4. The van der Waals surface area contributed by atoms with Gasteiger partial charge in [0.2, 0.25) is 0 Å². The monoisotopic (exact) mass is 271 g/mol. The minimum Gasteiger partial charge on any atom is -0.350 e. The number of rotatable bonds is 4. The summed E-state index contributed by atoms with van der Waals surface area (Å²) in [5.74, 6) is 1.10. The van der Waals surface area contributed by atoms with Gasteiger partial charge >= 0.3 is 0 Å². The molecule has 0 spiro atoms. The van der Waals surface area contributed by atoms with Crippen LogP contribution < -0.4 is 10.2 Å². The van der Waals surface area contributed by atoms with E-state index in [0.717, 1.165) is 24.4 Å². The Hall–Kier alpha value is -1.62. The number of anilines is 1. The first-order valence-corrected chi connectivity index (χ1v) is 7.70. The summed E-state index contributed by atoms with van der Waals surface area (Å²) < 4.78 is 1.92. The van der Waals surface area contributed by atoms with E-state index >= 15 is 0 Å². The summed E-state index contributed by atoms with van der Waals surface area (Å²) in [6.07, 6.45) is 12.2. The molecule has 3 heterocycles. The predicted octanol–water partition coefficient (Wildman–Crippen LogP) is 1.84. The Morgan fingerprint density at radius 3 is 3.00 bits per heavy atom. The standard InChI is InChI=1S/C15H21N5/c1-2-7-16-12(3-1)11-19(13-4-5-13)15-14-6-8-18-20(14)10-9-17-15/h6,8-10,12-13,16H,1-5,7,11H2. The van der Waals surface area contributed by atoms with Crippen LogP contribution in [0.4, 0.5) is 5.82 Å². The smallest absolute Gasteiger partial charge is 0.154 e. The number of fused-ring (bicyclic) bond motifs is 1. The second-order valence-electron chi connectivity index (χ2n) is 5.94. The molecule has 5 nitrogen and oxygen atoms in total. The van der Waals surface area contributed by atoms with Crippen LogP contribution in [0, 0.1) is 0 Å². The van der Waals surface area contributed by atoms with Crippen LogP contribution in [0.25, 0.3) is 5.52 Å². The van der Waals surface area contributed by atoms with E-state index in [9.17, 15) is 0 Å². The third-order valence-corrected chi connectivity index (χ3v) is 4.39. The van der Waals surface area contributed by atoms with Crippen molar-refractivity contribution in [2.24, 2.45) is 0 Å². The molecule has 20 heavy (non-hydrogen) atoms. The van der Waals surface area contributed by atoms with Crippen LogP contribution in [0.15, 0.2) is 24.7 Å². The van der Waals surface area contributed by atoms with Crippen molar-refractivity contribution in [3.05, 3.63) is 24.7 Å². The summed E-state index contributed by atoms with van der Waals surface area (Å²) in [5.41, 5.74) is 1.12. The van der Waals surface area contributed by atoms with E-state index in [1.165, 1.54) is 32.1 Å². The van der Waals surface area contributed by atoms with Crippen molar-refractivity contribution < 1.29 is 0 Å². The molecule has 0 bridgehead atoms. The predicted molar refractivity (Wildman–Crippen MR) is 79.0 cm³/mol. The second-order valence-corrected chi connectivity index (χ2v) is 5.94. The molecule has 1 aliphatic heterocycles. The fraction of sp³-hybridized carbons (Fsp3) is 0.600. The summed E-state index contributed by atoms with van der Waals surface area (Å²) in [6.45, 7) is 2.23. The van der Waals surface area contributed by atoms with E-state index < -0.39 is 0 Å². The molecule has 0 amide bonds. The van der Waals surface area contributed by atoms with Crippen LogP contribution in [-0.2, 0) is 0 Å². The molecule has 4 rings (SSSR count). The minimum atomic E-state index is 0.606. The number of piperidine rings is 1. The van der Waals surface area contributed by atoms with Gasteiger partial charge in [0.1, 0.15) is 5.52 Å². The summed E-state index contributed by atoms with van der Waals surface area (Å²) in [7, 11) is 0. The van der Waals surface area contributed by atoms with Gasteiger partial charge < -0.3 is 10.2 Å². The van der Waals surface area contributed by atoms with Gasteiger partial charge in [-0.05, 0) is 38.3 Å². The largest absolute Gasteiger partial charge is 0.350 e. The molecule has 2 aliphatic rings. The molecule has 1 atom stereocenters. The lowest BCUT2D eigenvalue weighted by Gasteiger charge is -2.31. The molecule has 1 N–H and O–H groups in total. The van der Waals surface area contributed by atoms with Crippen molar-refractivity contribution in [1.29, 1.82) is 0 Å². The summed E-state index contributed by atoms with van der Waals surface area (Å²) >= 11 is 0. The molecule has 5 heteroatoms. The molecule has 0 aromatic carbocycles. The molecule has 2 aromatic heterocycles. The Bertz CT molecular complexity index is 583. The highest BCUT2D eigenvalue weighted by molar-refractivity contribution is 5.69. The number of nitrogens with one attached hydrogen (secondary N) is 1. The molecule has 106 valence electrons. The Morgan fingerprint density at radius 2 is 2.20 bits per heavy atom. The summed E-state index contributed by atoms with van der Waals surface area (Å²) in [5, 5.41) is 7.97. The Morgan fingerprint density at radius 1 is 1.25 bits per heavy atom. The highest BCUT2D eigenvalue weighted by atomic mass is 15.3. The van der Waals surface area contributed by atoms with Crippen LogP contribution in [0.3, 0.4) is 0 Å². The lowest BCUT2D eigenvalue weighted by molar-refractivity contribution is 0.398. The van der Waals surface area contributed by atoms with Gasteiger partial charge in [0.05, 0.1) is 6.20 Å². The van der Waals surface area contributed by atoms with Crippen LogP contribution >= 0.6 is 0 Å². The second kappa shape index (κ2) is 5.05. The van der Waals surface area contributed by atoms with Crippen LogP contribution in [-0.4, -0.2) is 39.8 Å². The van der Waals surface area contributed by atoms with Gasteiger partial charge in [-0.2, -0.15) is 5.10 Å². The van der Waals surface area contributed by atoms with E-state index in [0.29, 0.717) is 12.1 Å². The average molecular weight is 271 g/mol. The zero-order chi connectivity index (χ0) is 13.4. The van der Waals surface area contributed by atoms with Gasteiger partial charge in [0.25, 0.3) is 0 Å². The third-order valence-electron chi connectivity index (χ3n) is 4.39. The van der Waals surface area contributed by atoms with Gasteiger partial charge in [-0.1, -0.05) is 6.42 Å². The van der Waals surface area contributed by atoms with Gasteiger partial charge in [-0.15, -0.1) is 0 Å². The minimum absolute atomic E-state index is 0.606. The fourth-order valence-electron chi connectivity index (χ4n) is 3.18. The molecule has 2 aromatic rings. The normalized spacial score (nSPS) is 23.1. The average Bonchev–Trinajstić information content (AvgIpc) is 3.22. The van der Waals surface area contributed by atoms with Crippen molar-refractivity contribution in [3.8, 4) is 0 Å². The van der Waals surface area contributed by atoms with E-state index in [-0.39, 0.29) is 0 Å². The lowest BCUT2D eigenvalue weighted by Crippen LogP contribution is -2.45. The maximum atomic E-state index is 4.64. The number of hydrogen-bond donors (Lipinski definition) is 1. The topological polar surface area (TPSA) is 45.5 Å². The highest BCUT2D eigenvalue weighted by Gasteiger charge is 2.33. The van der Waals surface area contributed by atoms with Crippen molar-refractivity contribution in [2.45, 2.75) is 44.2 Å². The van der Waals surface area contributed by atoms with Crippen molar-refractivity contribution in [1.82, 2.24) is 19.9 Å². The number of aromatic nitrogens is 3.